The summed E-state index contributed by atoms with van der Waals surface area (Å²) in [5, 5.41) is 9.13. The number of likely N-dealkylation sites (tertiary alicyclic amines) is 1. The number of benzene rings is 1. The molecule has 1 aromatic rings. The molecule has 1 N–H and O–H groups in total. The van der Waals surface area contributed by atoms with Crippen molar-refractivity contribution in [3.05, 3.63) is 29.8 Å². The minimum Gasteiger partial charge on any atom is -0.497 e. The molecular weight excluding hydrogens is 270 g/mol. The van der Waals surface area contributed by atoms with Gasteiger partial charge in [-0.2, -0.15) is 0 Å². The minimum absolute atomic E-state index is 0.0541. The van der Waals surface area contributed by atoms with E-state index in [1.165, 1.54) is 4.90 Å². The van der Waals surface area contributed by atoms with Crippen molar-refractivity contribution in [2.75, 3.05) is 13.7 Å². The second kappa shape index (κ2) is 6.61. The number of methoxy groups -OCH3 is 1. The van der Waals surface area contributed by atoms with Gasteiger partial charge in [0.25, 0.3) is 0 Å². The summed E-state index contributed by atoms with van der Waals surface area (Å²) in [5.74, 6) is -0.151. The molecule has 1 heterocycles. The van der Waals surface area contributed by atoms with Gasteiger partial charge < -0.3 is 14.7 Å². The zero-order valence-corrected chi connectivity index (χ0v) is 12.4. The van der Waals surface area contributed by atoms with Crippen LogP contribution in [0.15, 0.2) is 24.3 Å². The Kier molecular flexibility index (Phi) is 4.83. The van der Waals surface area contributed by atoms with E-state index in [4.69, 9.17) is 9.84 Å². The molecule has 2 unspecified atom stereocenters. The Hall–Kier alpha value is -2.04. The number of carbonyl (C=O) groups is 2. The summed E-state index contributed by atoms with van der Waals surface area (Å²) in [6.07, 6.45) is 1.65. The molecule has 0 bridgehead atoms. The summed E-state index contributed by atoms with van der Waals surface area (Å²) in [7, 11) is 1.61. The molecule has 0 aromatic heterocycles. The summed E-state index contributed by atoms with van der Waals surface area (Å²) in [6.45, 7) is 2.52. The van der Waals surface area contributed by atoms with Gasteiger partial charge in [0.2, 0.25) is 5.91 Å². The first-order valence-electron chi connectivity index (χ1n) is 7.19. The third kappa shape index (κ3) is 3.54. The fourth-order valence-electron chi connectivity index (χ4n) is 2.75. The van der Waals surface area contributed by atoms with Crippen LogP contribution >= 0.6 is 0 Å². The number of hydrogen-bond acceptors (Lipinski definition) is 3. The van der Waals surface area contributed by atoms with Crippen molar-refractivity contribution in [2.45, 2.75) is 38.1 Å². The van der Waals surface area contributed by atoms with E-state index < -0.39 is 12.0 Å². The smallest absolute Gasteiger partial charge is 0.326 e. The number of hydrogen-bond donors (Lipinski definition) is 1. The highest BCUT2D eigenvalue weighted by Crippen LogP contribution is 2.25. The molecule has 21 heavy (non-hydrogen) atoms. The topological polar surface area (TPSA) is 66.8 Å². The molecule has 0 spiro atoms. The van der Waals surface area contributed by atoms with Gasteiger partial charge in [0.1, 0.15) is 11.8 Å². The van der Waals surface area contributed by atoms with Crippen LogP contribution in [-0.4, -0.2) is 41.6 Å². The molecule has 114 valence electrons. The Bertz CT molecular complexity index is 512. The van der Waals surface area contributed by atoms with Gasteiger partial charge in [-0.05, 0) is 36.5 Å². The van der Waals surface area contributed by atoms with Crippen molar-refractivity contribution in [3.63, 3.8) is 0 Å². The molecule has 2 rings (SSSR count). The number of amides is 1. The molecule has 1 fully saturated rings. The van der Waals surface area contributed by atoms with Crippen molar-refractivity contribution in [1.82, 2.24) is 4.90 Å². The number of rotatable bonds is 5. The second-order valence-corrected chi connectivity index (χ2v) is 5.46. The number of carboxylic acids is 1. The van der Waals surface area contributed by atoms with Gasteiger partial charge >= 0.3 is 5.97 Å². The molecule has 0 radical (unpaired) electrons. The Morgan fingerprint density at radius 1 is 1.38 bits per heavy atom. The molecule has 5 nitrogen and oxygen atoms in total. The van der Waals surface area contributed by atoms with Crippen molar-refractivity contribution < 1.29 is 19.4 Å². The third-order valence-corrected chi connectivity index (χ3v) is 4.02. The van der Waals surface area contributed by atoms with Gasteiger partial charge in [0, 0.05) is 13.0 Å². The van der Waals surface area contributed by atoms with Crippen LogP contribution in [0.3, 0.4) is 0 Å². The highest BCUT2D eigenvalue weighted by molar-refractivity contribution is 5.84. The maximum absolute atomic E-state index is 12.3. The highest BCUT2D eigenvalue weighted by Gasteiger charge is 2.34. The second-order valence-electron chi connectivity index (χ2n) is 5.46. The SMILES string of the molecule is COc1ccc(C(C)CC(=O)N2CCCC2C(=O)O)cc1. The van der Waals surface area contributed by atoms with Crippen LogP contribution in [0.5, 0.6) is 5.75 Å². The lowest BCUT2D eigenvalue weighted by atomic mass is 9.97. The van der Waals surface area contributed by atoms with Crippen LogP contribution in [0.25, 0.3) is 0 Å². The largest absolute Gasteiger partial charge is 0.497 e. The van der Waals surface area contributed by atoms with E-state index in [1.807, 2.05) is 31.2 Å². The van der Waals surface area contributed by atoms with Gasteiger partial charge in [-0.15, -0.1) is 0 Å². The Labute approximate surface area is 124 Å². The molecule has 1 amide bonds. The molecule has 1 aliphatic rings. The monoisotopic (exact) mass is 291 g/mol. The van der Waals surface area contributed by atoms with Gasteiger partial charge in [-0.3, -0.25) is 4.79 Å². The zero-order chi connectivity index (χ0) is 15.4. The van der Waals surface area contributed by atoms with E-state index in [-0.39, 0.29) is 11.8 Å². The van der Waals surface area contributed by atoms with E-state index in [1.54, 1.807) is 7.11 Å². The molecule has 2 atom stereocenters. The third-order valence-electron chi connectivity index (χ3n) is 4.02. The maximum atomic E-state index is 12.3. The summed E-state index contributed by atoms with van der Waals surface area (Å²) < 4.78 is 5.11. The van der Waals surface area contributed by atoms with Crippen LogP contribution in [0.2, 0.25) is 0 Å². The van der Waals surface area contributed by atoms with Crippen molar-refractivity contribution in [2.24, 2.45) is 0 Å². The molecule has 5 heteroatoms. The lowest BCUT2D eigenvalue weighted by Gasteiger charge is -2.23. The number of nitrogens with zero attached hydrogens (tertiary/aromatic N) is 1. The predicted octanol–water partition coefficient (Wildman–Crippen LogP) is 2.26. The van der Waals surface area contributed by atoms with Crippen molar-refractivity contribution in [3.8, 4) is 5.75 Å². The van der Waals surface area contributed by atoms with Crippen LogP contribution in [0.4, 0.5) is 0 Å². The zero-order valence-electron chi connectivity index (χ0n) is 12.4. The average Bonchev–Trinajstić information content (AvgIpc) is 2.97. The highest BCUT2D eigenvalue weighted by atomic mass is 16.5. The first kappa shape index (κ1) is 15.4. The minimum atomic E-state index is -0.905. The van der Waals surface area contributed by atoms with Crippen LogP contribution in [0, 0.1) is 0 Å². The Morgan fingerprint density at radius 2 is 2.05 bits per heavy atom. The fourth-order valence-corrected chi connectivity index (χ4v) is 2.75. The lowest BCUT2D eigenvalue weighted by Crippen LogP contribution is -2.40. The van der Waals surface area contributed by atoms with E-state index in [9.17, 15) is 9.59 Å². The van der Waals surface area contributed by atoms with Crippen molar-refractivity contribution in [1.29, 1.82) is 0 Å². The number of aliphatic carboxylic acids is 1. The molecule has 1 aromatic carbocycles. The maximum Gasteiger partial charge on any atom is 0.326 e. The number of carbonyl (C=O) groups excluding carboxylic acids is 1. The van der Waals surface area contributed by atoms with Gasteiger partial charge in [0.05, 0.1) is 7.11 Å². The first-order valence-corrected chi connectivity index (χ1v) is 7.19. The first-order chi connectivity index (χ1) is 10.0. The molecule has 1 saturated heterocycles. The summed E-state index contributed by atoms with van der Waals surface area (Å²) in [5.41, 5.74) is 1.05. The summed E-state index contributed by atoms with van der Waals surface area (Å²) in [6, 6.07) is 6.96. The predicted molar refractivity (Wildman–Crippen MR) is 78.4 cm³/mol. The normalized spacial score (nSPS) is 19.3. The number of ether oxygens (including phenoxy) is 1. The fraction of sp³-hybridized carbons (Fsp3) is 0.500. The summed E-state index contributed by atoms with van der Waals surface area (Å²) >= 11 is 0. The molecule has 0 saturated carbocycles. The summed E-state index contributed by atoms with van der Waals surface area (Å²) in [4.78, 5) is 24.9. The lowest BCUT2D eigenvalue weighted by molar-refractivity contribution is -0.148. The van der Waals surface area contributed by atoms with Crippen LogP contribution < -0.4 is 4.74 Å². The van der Waals surface area contributed by atoms with E-state index in [0.29, 0.717) is 19.4 Å². The Balaban J connectivity index is 1.99. The molecule has 1 aliphatic heterocycles. The van der Waals surface area contributed by atoms with Crippen molar-refractivity contribution >= 4 is 11.9 Å². The van der Waals surface area contributed by atoms with E-state index in [0.717, 1.165) is 17.7 Å². The van der Waals surface area contributed by atoms with Gasteiger partial charge in [-0.1, -0.05) is 19.1 Å². The van der Waals surface area contributed by atoms with Crippen LogP contribution in [0.1, 0.15) is 37.7 Å². The Morgan fingerprint density at radius 3 is 2.62 bits per heavy atom. The molecule has 0 aliphatic carbocycles. The molecular formula is C16H21NO4. The van der Waals surface area contributed by atoms with Crippen LogP contribution in [-0.2, 0) is 9.59 Å². The standard InChI is InChI=1S/C16H21NO4/c1-11(12-5-7-13(21-2)8-6-12)10-15(18)17-9-3-4-14(17)16(19)20/h5-8,11,14H,3-4,9-10H2,1-2H3,(H,19,20). The van der Waals surface area contributed by atoms with E-state index in [2.05, 4.69) is 0 Å². The quantitative estimate of drug-likeness (QED) is 0.903. The average molecular weight is 291 g/mol. The number of carboxylic acid groups (broad SMARTS) is 1. The van der Waals surface area contributed by atoms with E-state index >= 15 is 0 Å². The van der Waals surface area contributed by atoms with Gasteiger partial charge in [-0.25, -0.2) is 4.79 Å². The van der Waals surface area contributed by atoms with Gasteiger partial charge in [0.15, 0.2) is 0 Å².